The molecule has 0 spiro atoms. The zero-order valence-electron chi connectivity index (χ0n) is 11.7. The number of carbonyl (C=O) groups is 1. The highest BCUT2D eigenvalue weighted by Crippen LogP contribution is 2.18. The van der Waals surface area contributed by atoms with Crippen LogP contribution in [0, 0.1) is 0 Å². The van der Waals surface area contributed by atoms with Crippen molar-refractivity contribution in [2.45, 2.75) is 12.5 Å². The molecule has 1 amide bonds. The summed E-state index contributed by atoms with van der Waals surface area (Å²) in [6.45, 7) is 1.32. The zero-order valence-corrected chi connectivity index (χ0v) is 11.7. The number of aromatic amines is 1. The van der Waals surface area contributed by atoms with Crippen molar-refractivity contribution in [2.75, 3.05) is 18.5 Å². The topological polar surface area (TPSA) is 97.7 Å². The number of carbonyl (C=O) groups excluding carboxylic acids is 1. The van der Waals surface area contributed by atoms with Gasteiger partial charge in [0, 0.05) is 6.61 Å². The zero-order chi connectivity index (χ0) is 14.9. The first-order valence-electron chi connectivity index (χ1n) is 7.05. The van der Waals surface area contributed by atoms with E-state index in [-0.39, 0.29) is 17.6 Å². The summed E-state index contributed by atoms with van der Waals surface area (Å²) in [5, 5.41) is 10.6. The number of aromatic nitrogens is 5. The minimum Gasteiger partial charge on any atom is -0.379 e. The molecule has 4 rings (SSSR count). The van der Waals surface area contributed by atoms with Gasteiger partial charge in [-0.3, -0.25) is 10.1 Å². The van der Waals surface area contributed by atoms with Gasteiger partial charge < -0.3 is 9.72 Å². The molecule has 8 nitrogen and oxygen atoms in total. The van der Waals surface area contributed by atoms with E-state index < -0.39 is 0 Å². The van der Waals surface area contributed by atoms with Gasteiger partial charge in [-0.05, 0) is 18.6 Å². The summed E-state index contributed by atoms with van der Waals surface area (Å²) in [6.07, 6.45) is 2.52. The quantitative estimate of drug-likeness (QED) is 0.761. The van der Waals surface area contributed by atoms with Crippen molar-refractivity contribution in [3.8, 4) is 0 Å². The van der Waals surface area contributed by atoms with Gasteiger partial charge in [0.1, 0.15) is 0 Å². The minimum absolute atomic E-state index is 0.153. The molecule has 8 heteroatoms. The molecule has 0 aliphatic carbocycles. The summed E-state index contributed by atoms with van der Waals surface area (Å²) in [5.41, 5.74) is 1.92. The number of hydrogen-bond donors (Lipinski definition) is 2. The van der Waals surface area contributed by atoms with Gasteiger partial charge in [-0.2, -0.15) is 0 Å². The lowest BCUT2D eigenvalue weighted by molar-refractivity contribution is 0.102. The molecule has 0 unspecified atom stereocenters. The highest BCUT2D eigenvalue weighted by atomic mass is 16.5. The largest absolute Gasteiger partial charge is 0.379 e. The maximum absolute atomic E-state index is 12.2. The number of para-hydroxylation sites is 2. The molecule has 3 aromatic rings. The van der Waals surface area contributed by atoms with Crippen LogP contribution in [0.2, 0.25) is 0 Å². The van der Waals surface area contributed by atoms with E-state index in [0.29, 0.717) is 19.2 Å². The Balaban J connectivity index is 1.51. The maximum Gasteiger partial charge on any atom is 0.280 e. The second kappa shape index (κ2) is 5.23. The highest BCUT2D eigenvalue weighted by Gasteiger charge is 2.21. The van der Waals surface area contributed by atoms with Crippen LogP contribution in [0.5, 0.6) is 0 Å². The first-order valence-corrected chi connectivity index (χ1v) is 7.05. The number of ether oxygens (including phenoxy) is 1. The normalized spacial score (nSPS) is 17.9. The number of amides is 1. The van der Waals surface area contributed by atoms with E-state index in [4.69, 9.17) is 4.74 Å². The Kier molecular flexibility index (Phi) is 3.08. The third-order valence-electron chi connectivity index (χ3n) is 3.64. The van der Waals surface area contributed by atoms with Crippen molar-refractivity contribution in [1.29, 1.82) is 0 Å². The van der Waals surface area contributed by atoms with Gasteiger partial charge in [0.05, 0.1) is 29.9 Å². The number of H-pyrrole nitrogens is 1. The summed E-state index contributed by atoms with van der Waals surface area (Å²) >= 11 is 0. The first kappa shape index (κ1) is 13.0. The van der Waals surface area contributed by atoms with Crippen LogP contribution >= 0.6 is 0 Å². The lowest BCUT2D eigenvalue weighted by Crippen LogP contribution is -2.13. The van der Waals surface area contributed by atoms with Gasteiger partial charge in [-0.1, -0.05) is 17.3 Å². The van der Waals surface area contributed by atoms with Crippen LogP contribution in [0.3, 0.4) is 0 Å². The van der Waals surface area contributed by atoms with Gasteiger partial charge in [0.15, 0.2) is 5.69 Å². The van der Waals surface area contributed by atoms with Gasteiger partial charge >= 0.3 is 0 Å². The third kappa shape index (κ3) is 2.33. The monoisotopic (exact) mass is 298 g/mol. The molecule has 0 radical (unpaired) electrons. The fourth-order valence-corrected chi connectivity index (χ4v) is 2.47. The molecular formula is C14H14N6O2. The van der Waals surface area contributed by atoms with E-state index >= 15 is 0 Å². The summed E-state index contributed by atoms with van der Waals surface area (Å²) in [5.74, 6) is 0.0502. The number of hydrogen-bond acceptors (Lipinski definition) is 5. The molecule has 1 aromatic carbocycles. The number of nitrogens with one attached hydrogen (secondary N) is 2. The maximum atomic E-state index is 12.2. The van der Waals surface area contributed by atoms with Crippen LogP contribution in [0.15, 0.2) is 30.5 Å². The van der Waals surface area contributed by atoms with E-state index in [9.17, 15) is 4.79 Å². The van der Waals surface area contributed by atoms with Crippen molar-refractivity contribution in [3.63, 3.8) is 0 Å². The Morgan fingerprint density at radius 3 is 3.14 bits per heavy atom. The second-order valence-corrected chi connectivity index (χ2v) is 5.16. The molecule has 22 heavy (non-hydrogen) atoms. The molecule has 0 bridgehead atoms. The number of nitrogens with zero attached hydrogens (tertiary/aromatic N) is 4. The number of fused-ring (bicyclic) bond motifs is 1. The second-order valence-electron chi connectivity index (χ2n) is 5.16. The van der Waals surface area contributed by atoms with E-state index in [1.807, 2.05) is 24.3 Å². The van der Waals surface area contributed by atoms with E-state index in [1.54, 1.807) is 10.9 Å². The molecule has 1 fully saturated rings. The lowest BCUT2D eigenvalue weighted by atomic mass is 10.3. The highest BCUT2D eigenvalue weighted by molar-refractivity contribution is 6.02. The molecule has 112 valence electrons. The van der Waals surface area contributed by atoms with Crippen LogP contribution in [0.25, 0.3) is 11.0 Å². The Morgan fingerprint density at radius 1 is 1.41 bits per heavy atom. The Bertz CT molecular complexity index is 784. The van der Waals surface area contributed by atoms with Crippen LogP contribution in [0.4, 0.5) is 5.95 Å². The number of rotatable bonds is 3. The Labute approximate surface area is 125 Å². The third-order valence-corrected chi connectivity index (χ3v) is 3.64. The predicted molar refractivity (Wildman–Crippen MR) is 78.5 cm³/mol. The molecule has 2 aromatic heterocycles. The van der Waals surface area contributed by atoms with Gasteiger partial charge in [0.2, 0.25) is 5.95 Å². The standard InChI is InChI=1S/C14H14N6O2/c21-13(12-7-20(19-18-12)9-5-6-22-8-9)17-14-15-10-3-1-2-4-11(10)16-14/h1-4,7,9H,5-6,8H2,(H2,15,16,17,21)/t9-/m0/s1. The van der Waals surface area contributed by atoms with E-state index in [1.165, 1.54) is 0 Å². The first-order chi connectivity index (χ1) is 10.8. The van der Waals surface area contributed by atoms with Gasteiger partial charge in [0.25, 0.3) is 5.91 Å². The molecule has 1 saturated heterocycles. The molecule has 1 atom stereocenters. The van der Waals surface area contributed by atoms with E-state index in [0.717, 1.165) is 17.5 Å². The fraction of sp³-hybridized carbons (Fsp3) is 0.286. The molecule has 1 aliphatic rings. The summed E-state index contributed by atoms with van der Waals surface area (Å²) in [4.78, 5) is 19.5. The average Bonchev–Trinajstić information content (AvgIpc) is 3.26. The Morgan fingerprint density at radius 2 is 2.32 bits per heavy atom. The SMILES string of the molecule is O=C(Nc1nc2ccccc2[nH]1)c1cn([C@H]2CCOC2)nn1. The average molecular weight is 298 g/mol. The van der Waals surface area contributed by atoms with Crippen molar-refractivity contribution in [1.82, 2.24) is 25.0 Å². The fourth-order valence-electron chi connectivity index (χ4n) is 2.47. The van der Waals surface area contributed by atoms with Crippen LogP contribution in [-0.2, 0) is 4.74 Å². The van der Waals surface area contributed by atoms with Crippen LogP contribution in [0.1, 0.15) is 23.0 Å². The number of anilines is 1. The van der Waals surface area contributed by atoms with E-state index in [2.05, 4.69) is 25.6 Å². The van der Waals surface area contributed by atoms with Gasteiger partial charge in [-0.25, -0.2) is 9.67 Å². The Hall–Kier alpha value is -2.74. The number of imidazole rings is 1. The number of benzene rings is 1. The van der Waals surface area contributed by atoms with Crippen molar-refractivity contribution in [2.24, 2.45) is 0 Å². The molecule has 2 N–H and O–H groups in total. The van der Waals surface area contributed by atoms with Gasteiger partial charge in [-0.15, -0.1) is 5.10 Å². The van der Waals surface area contributed by atoms with Crippen LogP contribution < -0.4 is 5.32 Å². The molecule has 1 aliphatic heterocycles. The molecular weight excluding hydrogens is 284 g/mol. The summed E-state index contributed by atoms with van der Waals surface area (Å²) in [6, 6.07) is 7.72. The predicted octanol–water partition coefficient (Wildman–Crippen LogP) is 1.37. The van der Waals surface area contributed by atoms with Crippen molar-refractivity contribution >= 4 is 22.9 Å². The van der Waals surface area contributed by atoms with Crippen molar-refractivity contribution in [3.05, 3.63) is 36.2 Å². The smallest absolute Gasteiger partial charge is 0.280 e. The molecule has 3 heterocycles. The lowest BCUT2D eigenvalue weighted by Gasteiger charge is -2.04. The van der Waals surface area contributed by atoms with Crippen molar-refractivity contribution < 1.29 is 9.53 Å². The summed E-state index contributed by atoms with van der Waals surface area (Å²) < 4.78 is 6.99. The molecule has 0 saturated carbocycles. The van der Waals surface area contributed by atoms with Crippen LogP contribution in [-0.4, -0.2) is 44.1 Å². The minimum atomic E-state index is -0.343. The summed E-state index contributed by atoms with van der Waals surface area (Å²) in [7, 11) is 0.